The largest absolute Gasteiger partial charge is 0.369 e. The van der Waals surface area contributed by atoms with Crippen LogP contribution in [0, 0.1) is 0 Å². The number of rotatable bonds is 1. The van der Waals surface area contributed by atoms with Crippen LogP contribution in [-0.4, -0.2) is 18.2 Å². The summed E-state index contributed by atoms with van der Waals surface area (Å²) in [5.41, 5.74) is 4.52. The van der Waals surface area contributed by atoms with Gasteiger partial charge in [0, 0.05) is 6.38 Å². The lowest BCUT2D eigenvalue weighted by Gasteiger charge is -1.71. The van der Waals surface area contributed by atoms with Crippen LogP contribution in [0.1, 0.15) is 0 Å². The van der Waals surface area contributed by atoms with Crippen molar-refractivity contribution in [2.45, 2.75) is 0 Å². The molecule has 1 amide bonds. The standard InChI is InChI=1S/C2H4ClNO.CH3Cl/c3-1-2(4)5;1-2/h1H2,(H2,4,5);1H3. The first-order valence-electron chi connectivity index (χ1n) is 1.49. The van der Waals surface area contributed by atoms with Gasteiger partial charge in [0.25, 0.3) is 0 Å². The second-order valence-electron chi connectivity index (χ2n) is 0.600. The Morgan fingerprint density at radius 3 is 1.86 bits per heavy atom. The maximum Gasteiger partial charge on any atom is 0.232 e. The van der Waals surface area contributed by atoms with Crippen molar-refractivity contribution < 1.29 is 4.79 Å². The predicted molar refractivity (Wildman–Crippen MR) is 31.7 cm³/mol. The van der Waals surface area contributed by atoms with Crippen molar-refractivity contribution in [3.63, 3.8) is 0 Å². The van der Waals surface area contributed by atoms with Gasteiger partial charge in [-0.05, 0) is 0 Å². The van der Waals surface area contributed by atoms with Crippen molar-refractivity contribution in [1.82, 2.24) is 0 Å². The molecule has 0 aliphatic carbocycles. The van der Waals surface area contributed by atoms with Crippen LogP contribution in [0.25, 0.3) is 0 Å². The molecule has 44 valence electrons. The third kappa shape index (κ3) is 23.6. The van der Waals surface area contributed by atoms with Gasteiger partial charge in [0.05, 0.1) is 0 Å². The summed E-state index contributed by atoms with van der Waals surface area (Å²) in [7, 11) is 0. The normalized spacial score (nSPS) is 6.14. The Labute approximate surface area is 52.6 Å². The Kier molecular flexibility index (Phi) is 13.6. The number of nitrogens with two attached hydrogens (primary N) is 1. The van der Waals surface area contributed by atoms with Crippen LogP contribution in [0.5, 0.6) is 0 Å². The smallest absolute Gasteiger partial charge is 0.232 e. The predicted octanol–water partition coefficient (Wildman–Crippen LogP) is 0.566. The summed E-state index contributed by atoms with van der Waals surface area (Å²) in [6, 6.07) is 0. The van der Waals surface area contributed by atoms with Gasteiger partial charge in [0.1, 0.15) is 5.88 Å². The van der Waals surface area contributed by atoms with E-state index in [1.54, 1.807) is 0 Å². The van der Waals surface area contributed by atoms with E-state index in [1.807, 2.05) is 0 Å². The Morgan fingerprint density at radius 2 is 1.86 bits per heavy atom. The van der Waals surface area contributed by atoms with Crippen molar-refractivity contribution >= 4 is 29.1 Å². The molecule has 0 spiro atoms. The molecule has 0 unspecified atom stereocenters. The SMILES string of the molecule is CCl.NC(=O)CCl. The number of alkyl halides is 2. The van der Waals surface area contributed by atoms with Gasteiger partial charge >= 0.3 is 0 Å². The summed E-state index contributed by atoms with van der Waals surface area (Å²) in [6.07, 6.45) is 1.47. The number of carbonyl (C=O) groups is 1. The van der Waals surface area contributed by atoms with Crippen LogP contribution in [0.2, 0.25) is 0 Å². The molecule has 0 aromatic heterocycles. The highest BCUT2D eigenvalue weighted by Crippen LogP contribution is 1.64. The highest BCUT2D eigenvalue weighted by molar-refractivity contribution is 6.27. The van der Waals surface area contributed by atoms with E-state index < -0.39 is 5.91 Å². The Bertz CT molecular complexity index is 48.2. The van der Waals surface area contributed by atoms with Crippen LogP contribution < -0.4 is 5.73 Å². The lowest BCUT2D eigenvalue weighted by atomic mass is 10.8. The fourth-order valence-electron chi connectivity index (χ4n) is 0. The molecule has 0 radical (unpaired) electrons. The zero-order valence-corrected chi connectivity index (χ0v) is 5.46. The van der Waals surface area contributed by atoms with Crippen molar-refractivity contribution in [1.29, 1.82) is 0 Å². The van der Waals surface area contributed by atoms with Crippen LogP contribution >= 0.6 is 23.2 Å². The van der Waals surface area contributed by atoms with Gasteiger partial charge in [-0.3, -0.25) is 4.79 Å². The molecule has 0 fully saturated rings. The number of amides is 1. The average molecular weight is 144 g/mol. The van der Waals surface area contributed by atoms with Gasteiger partial charge in [-0.2, -0.15) is 0 Å². The second-order valence-corrected chi connectivity index (χ2v) is 0.867. The molecule has 7 heavy (non-hydrogen) atoms. The minimum atomic E-state index is -0.480. The molecule has 0 aromatic rings. The first kappa shape index (κ1) is 10.1. The van der Waals surface area contributed by atoms with Crippen molar-refractivity contribution in [3.8, 4) is 0 Å². The van der Waals surface area contributed by atoms with Crippen LogP contribution in [-0.2, 0) is 4.79 Å². The maximum atomic E-state index is 9.46. The van der Waals surface area contributed by atoms with Crippen molar-refractivity contribution in [3.05, 3.63) is 0 Å². The van der Waals surface area contributed by atoms with E-state index in [4.69, 9.17) is 11.6 Å². The third-order valence-electron chi connectivity index (χ3n) is 0.132. The van der Waals surface area contributed by atoms with E-state index in [0.29, 0.717) is 0 Å². The average Bonchev–Trinajstić information content (AvgIpc) is 1.73. The van der Waals surface area contributed by atoms with Crippen LogP contribution in [0.4, 0.5) is 0 Å². The molecule has 0 heterocycles. The number of hydrogen-bond donors (Lipinski definition) is 1. The highest BCUT2D eigenvalue weighted by Gasteiger charge is 1.79. The molecule has 2 nitrogen and oxygen atoms in total. The summed E-state index contributed by atoms with van der Waals surface area (Å²) in [6.45, 7) is 0. The van der Waals surface area contributed by atoms with E-state index in [2.05, 4.69) is 17.3 Å². The Balaban J connectivity index is 0. The molecule has 0 saturated heterocycles. The van der Waals surface area contributed by atoms with Gasteiger partial charge < -0.3 is 5.73 Å². The number of carbonyl (C=O) groups excluding carboxylic acids is 1. The molecule has 0 aliphatic heterocycles. The monoisotopic (exact) mass is 143 g/mol. The third-order valence-corrected chi connectivity index (χ3v) is 0.395. The molecule has 0 rings (SSSR count). The highest BCUT2D eigenvalue weighted by atomic mass is 35.5. The van der Waals surface area contributed by atoms with Gasteiger partial charge in [-0.1, -0.05) is 0 Å². The lowest BCUT2D eigenvalue weighted by Crippen LogP contribution is -2.10. The van der Waals surface area contributed by atoms with E-state index in [9.17, 15) is 4.79 Å². The van der Waals surface area contributed by atoms with Crippen LogP contribution in [0.15, 0.2) is 0 Å². The maximum absolute atomic E-state index is 9.46. The molecule has 4 heteroatoms. The topological polar surface area (TPSA) is 43.1 Å². The summed E-state index contributed by atoms with van der Waals surface area (Å²) in [4.78, 5) is 9.46. The first-order valence-corrected chi connectivity index (χ1v) is 2.78. The van der Waals surface area contributed by atoms with Crippen LogP contribution in [0.3, 0.4) is 0 Å². The van der Waals surface area contributed by atoms with Gasteiger partial charge in [0.2, 0.25) is 5.91 Å². The second kappa shape index (κ2) is 9.41. The summed E-state index contributed by atoms with van der Waals surface area (Å²) >= 11 is 9.50. The Morgan fingerprint density at radius 1 is 1.71 bits per heavy atom. The molecule has 0 saturated carbocycles. The fraction of sp³-hybridized carbons (Fsp3) is 0.667. The number of halogens is 2. The minimum absolute atomic E-state index is 0.0833. The zero-order chi connectivity index (χ0) is 6.28. The van der Waals surface area contributed by atoms with Gasteiger partial charge in [-0.25, -0.2) is 0 Å². The Hall–Kier alpha value is 0.0500. The van der Waals surface area contributed by atoms with Crippen molar-refractivity contribution in [2.75, 3.05) is 12.3 Å². The molecule has 0 atom stereocenters. The quantitative estimate of drug-likeness (QED) is 0.537. The van der Waals surface area contributed by atoms with Gasteiger partial charge in [-0.15, -0.1) is 23.2 Å². The molecule has 2 N–H and O–H groups in total. The zero-order valence-electron chi connectivity index (χ0n) is 3.95. The summed E-state index contributed by atoms with van der Waals surface area (Å²) in [5.74, 6) is -0.563. The lowest BCUT2D eigenvalue weighted by molar-refractivity contribution is -0.115. The fourth-order valence-corrected chi connectivity index (χ4v) is 0. The van der Waals surface area contributed by atoms with E-state index >= 15 is 0 Å². The van der Waals surface area contributed by atoms with E-state index in [-0.39, 0.29) is 5.88 Å². The molecule has 0 aliphatic rings. The number of hydrogen-bond acceptors (Lipinski definition) is 1. The van der Waals surface area contributed by atoms with Crippen molar-refractivity contribution in [2.24, 2.45) is 5.73 Å². The minimum Gasteiger partial charge on any atom is -0.369 e. The first-order chi connectivity index (χ1) is 3.27. The molecule has 0 aromatic carbocycles. The molecule has 0 bridgehead atoms. The van der Waals surface area contributed by atoms with E-state index in [0.717, 1.165) is 0 Å². The molecular formula is C3H7Cl2NO. The van der Waals surface area contributed by atoms with E-state index in [1.165, 1.54) is 6.38 Å². The summed E-state index contributed by atoms with van der Waals surface area (Å²) < 4.78 is 0. The van der Waals surface area contributed by atoms with Gasteiger partial charge in [0.15, 0.2) is 0 Å². The number of primary amides is 1. The summed E-state index contributed by atoms with van der Waals surface area (Å²) in [5, 5.41) is 0. The molecular weight excluding hydrogens is 137 g/mol.